The number of piperidine rings is 1. The predicted octanol–water partition coefficient (Wildman–Crippen LogP) is 0.505. The van der Waals surface area contributed by atoms with Crippen molar-refractivity contribution < 1.29 is 24.0 Å². The Morgan fingerprint density at radius 2 is 2.08 bits per heavy atom. The van der Waals surface area contributed by atoms with Crippen LogP contribution < -0.4 is 16.1 Å². The minimum atomic E-state index is -0.556. The first-order valence-corrected chi connectivity index (χ1v) is 8.19. The van der Waals surface area contributed by atoms with Gasteiger partial charge >= 0.3 is 12.1 Å². The normalized spacial score (nSPS) is 22.8. The third-order valence-electron chi connectivity index (χ3n) is 3.77. The molecule has 0 aromatic heterocycles. The number of amides is 4. The molecule has 4 amide bonds. The van der Waals surface area contributed by atoms with E-state index in [0.717, 1.165) is 12.8 Å². The Labute approximate surface area is 141 Å². The van der Waals surface area contributed by atoms with Gasteiger partial charge in [-0.15, -0.1) is 0 Å². The van der Waals surface area contributed by atoms with Crippen LogP contribution in [0.3, 0.4) is 0 Å². The van der Waals surface area contributed by atoms with Crippen LogP contribution in [0.2, 0.25) is 0 Å². The molecule has 0 radical (unpaired) electrons. The van der Waals surface area contributed by atoms with E-state index in [9.17, 15) is 14.4 Å². The Balaban J connectivity index is 1.57. The molecular formula is C15H26N4O5. The van der Waals surface area contributed by atoms with E-state index in [1.807, 2.05) is 0 Å². The lowest BCUT2D eigenvalue weighted by Gasteiger charge is -2.30. The first kappa shape index (κ1) is 18.3. The fourth-order valence-corrected chi connectivity index (χ4v) is 2.77. The number of urea groups is 1. The number of rotatable bonds is 6. The molecule has 0 aromatic carbocycles. The Kier molecular flexibility index (Phi) is 5.87. The van der Waals surface area contributed by atoms with Crippen LogP contribution in [0.5, 0.6) is 0 Å². The monoisotopic (exact) mass is 342 g/mol. The molecule has 2 heterocycles. The number of carbonyl (C=O) groups excluding carboxylic acids is 3. The second-order valence-electron chi connectivity index (χ2n) is 7.04. The van der Waals surface area contributed by atoms with E-state index >= 15 is 0 Å². The molecule has 2 atom stereocenters. The lowest BCUT2D eigenvalue weighted by molar-refractivity contribution is -0.134. The summed E-state index contributed by atoms with van der Waals surface area (Å²) in [7, 11) is 0. The van der Waals surface area contributed by atoms with Crippen molar-refractivity contribution in [3.63, 3.8) is 0 Å². The second kappa shape index (κ2) is 7.69. The minimum absolute atomic E-state index is 0.0905. The zero-order valence-electron chi connectivity index (χ0n) is 14.4. The van der Waals surface area contributed by atoms with Gasteiger partial charge in [-0.25, -0.2) is 15.1 Å². The smallest absolute Gasteiger partial charge is 0.407 e. The highest BCUT2D eigenvalue weighted by Gasteiger charge is 2.39. The molecule has 3 N–H and O–H groups in total. The predicted molar refractivity (Wildman–Crippen MR) is 85.0 cm³/mol. The maximum atomic E-state index is 11.9. The first-order valence-electron chi connectivity index (χ1n) is 8.19. The van der Waals surface area contributed by atoms with Crippen LogP contribution in [0, 0.1) is 0 Å². The molecule has 2 bridgehead atoms. The Morgan fingerprint density at radius 1 is 1.33 bits per heavy atom. The number of nitrogens with one attached hydrogen (secondary N) is 3. The molecule has 0 aromatic rings. The summed E-state index contributed by atoms with van der Waals surface area (Å²) in [5.74, 6) is -0.282. The zero-order chi connectivity index (χ0) is 17.7. The molecule has 2 saturated heterocycles. The van der Waals surface area contributed by atoms with E-state index in [0.29, 0.717) is 6.54 Å². The van der Waals surface area contributed by atoms with Crippen molar-refractivity contribution >= 4 is 18.0 Å². The van der Waals surface area contributed by atoms with Crippen LogP contribution in [-0.2, 0) is 14.4 Å². The van der Waals surface area contributed by atoms with Gasteiger partial charge in [-0.1, -0.05) is 0 Å². The van der Waals surface area contributed by atoms with Crippen molar-refractivity contribution in [3.05, 3.63) is 0 Å². The molecular weight excluding hydrogens is 316 g/mol. The highest BCUT2D eigenvalue weighted by atomic mass is 16.7. The summed E-state index contributed by atoms with van der Waals surface area (Å²) in [6.07, 6.45) is 1.37. The Morgan fingerprint density at radius 3 is 2.79 bits per heavy atom. The largest absolute Gasteiger partial charge is 0.444 e. The molecule has 9 heteroatoms. The van der Waals surface area contributed by atoms with E-state index in [2.05, 4.69) is 16.1 Å². The molecule has 2 aliphatic rings. The molecule has 0 spiro atoms. The summed E-state index contributed by atoms with van der Waals surface area (Å²) in [6.45, 7) is 6.33. The number of ether oxygens (including phenoxy) is 1. The van der Waals surface area contributed by atoms with Crippen molar-refractivity contribution in [1.29, 1.82) is 0 Å². The van der Waals surface area contributed by atoms with E-state index in [-0.39, 0.29) is 43.6 Å². The average Bonchev–Trinajstić information content (AvgIpc) is 2.76. The SMILES string of the molecule is CC(C)(C)OC(=O)NCCONC(=O)C[C@@H]1CC[C@@H]2CN1C(=O)N2. The second-order valence-corrected chi connectivity index (χ2v) is 7.04. The maximum Gasteiger partial charge on any atom is 0.407 e. The standard InChI is InChI=1S/C15H26N4O5/c1-15(2,3)24-14(22)16-6-7-23-18-12(20)8-11-5-4-10-9-19(11)13(21)17-10/h10-11H,4-9H2,1-3H3,(H,16,22)(H,17,21)(H,18,20)/t10-,11+/m1/s1. The summed E-state index contributed by atoms with van der Waals surface area (Å²) in [6, 6.07) is 0.0250. The molecule has 0 aliphatic carbocycles. The number of carbonyl (C=O) groups is 3. The molecule has 0 unspecified atom stereocenters. The van der Waals surface area contributed by atoms with E-state index < -0.39 is 11.7 Å². The van der Waals surface area contributed by atoms with Crippen LogP contribution in [0.25, 0.3) is 0 Å². The van der Waals surface area contributed by atoms with Crippen molar-refractivity contribution in [2.24, 2.45) is 0 Å². The maximum absolute atomic E-state index is 11.9. The van der Waals surface area contributed by atoms with Crippen molar-refractivity contribution in [3.8, 4) is 0 Å². The summed E-state index contributed by atoms with van der Waals surface area (Å²) < 4.78 is 5.07. The Bertz CT molecular complexity index is 491. The topological polar surface area (TPSA) is 109 Å². The molecule has 136 valence electrons. The lowest BCUT2D eigenvalue weighted by Crippen LogP contribution is -2.43. The quantitative estimate of drug-likeness (QED) is 0.481. The van der Waals surface area contributed by atoms with Crippen LogP contribution in [-0.4, -0.2) is 60.3 Å². The third-order valence-corrected chi connectivity index (χ3v) is 3.77. The van der Waals surface area contributed by atoms with Crippen LogP contribution in [0.15, 0.2) is 0 Å². The summed E-state index contributed by atoms with van der Waals surface area (Å²) in [4.78, 5) is 41.7. The number of alkyl carbamates (subject to hydrolysis) is 1. The van der Waals surface area contributed by atoms with E-state index in [1.165, 1.54) is 0 Å². The highest BCUT2D eigenvalue weighted by Crippen LogP contribution is 2.24. The van der Waals surface area contributed by atoms with Gasteiger partial charge in [0.15, 0.2) is 0 Å². The van der Waals surface area contributed by atoms with Gasteiger partial charge in [-0.2, -0.15) is 0 Å². The molecule has 9 nitrogen and oxygen atoms in total. The van der Waals surface area contributed by atoms with E-state index in [4.69, 9.17) is 9.57 Å². The average molecular weight is 342 g/mol. The zero-order valence-corrected chi connectivity index (χ0v) is 14.4. The summed E-state index contributed by atoms with van der Waals surface area (Å²) in [5.41, 5.74) is 1.78. The van der Waals surface area contributed by atoms with E-state index in [1.54, 1.807) is 25.7 Å². The van der Waals surface area contributed by atoms with Crippen LogP contribution >= 0.6 is 0 Å². The lowest BCUT2D eigenvalue weighted by atomic mass is 9.98. The number of fused-ring (bicyclic) bond motifs is 2. The van der Waals surface area contributed by atoms with Crippen molar-refractivity contribution in [1.82, 2.24) is 21.0 Å². The number of hydroxylamine groups is 1. The molecule has 2 rings (SSSR count). The van der Waals surface area contributed by atoms with Gasteiger partial charge < -0.3 is 20.3 Å². The van der Waals surface area contributed by atoms with Gasteiger partial charge in [0, 0.05) is 31.6 Å². The fraction of sp³-hybridized carbons (Fsp3) is 0.800. The van der Waals surface area contributed by atoms with Crippen LogP contribution in [0.4, 0.5) is 9.59 Å². The van der Waals surface area contributed by atoms with Gasteiger partial charge in [-0.3, -0.25) is 9.63 Å². The van der Waals surface area contributed by atoms with Gasteiger partial charge in [0.1, 0.15) is 5.60 Å². The van der Waals surface area contributed by atoms with Gasteiger partial charge in [0.25, 0.3) is 0 Å². The van der Waals surface area contributed by atoms with Gasteiger partial charge in [0.05, 0.1) is 6.61 Å². The van der Waals surface area contributed by atoms with Crippen molar-refractivity contribution in [2.45, 2.75) is 57.7 Å². The van der Waals surface area contributed by atoms with Crippen LogP contribution in [0.1, 0.15) is 40.0 Å². The first-order chi connectivity index (χ1) is 11.2. The summed E-state index contributed by atoms with van der Waals surface area (Å²) in [5, 5.41) is 5.40. The molecule has 24 heavy (non-hydrogen) atoms. The summed E-state index contributed by atoms with van der Waals surface area (Å²) >= 11 is 0. The third kappa shape index (κ3) is 5.55. The number of hydrogen-bond donors (Lipinski definition) is 3. The number of nitrogens with zero attached hydrogens (tertiary/aromatic N) is 1. The van der Waals surface area contributed by atoms with Gasteiger partial charge in [-0.05, 0) is 33.6 Å². The van der Waals surface area contributed by atoms with Gasteiger partial charge in [0.2, 0.25) is 5.91 Å². The van der Waals surface area contributed by atoms with Crippen molar-refractivity contribution in [2.75, 3.05) is 19.7 Å². The molecule has 2 fully saturated rings. The Hall–Kier alpha value is -2.03. The number of hydrogen-bond acceptors (Lipinski definition) is 5. The molecule has 0 saturated carbocycles. The highest BCUT2D eigenvalue weighted by molar-refractivity contribution is 5.80. The molecule has 2 aliphatic heterocycles. The minimum Gasteiger partial charge on any atom is -0.444 e. The fourth-order valence-electron chi connectivity index (χ4n) is 2.77.